The molecule has 0 bridgehead atoms. The largest absolute Gasteiger partial charge is 0.494 e. The molecule has 29 heavy (non-hydrogen) atoms. The summed E-state index contributed by atoms with van der Waals surface area (Å²) < 4.78 is 10.4. The van der Waals surface area contributed by atoms with Crippen LogP contribution in [0.25, 0.3) is 0 Å². The van der Waals surface area contributed by atoms with Crippen LogP contribution in [0.1, 0.15) is 35.3 Å². The van der Waals surface area contributed by atoms with Crippen molar-refractivity contribution in [1.82, 2.24) is 10.6 Å². The molecule has 2 rings (SSSR count). The Balaban J connectivity index is 1.73. The second-order valence-electron chi connectivity index (χ2n) is 6.48. The zero-order valence-electron chi connectivity index (χ0n) is 16.9. The van der Waals surface area contributed by atoms with Gasteiger partial charge in [-0.25, -0.2) is 0 Å². The van der Waals surface area contributed by atoms with Crippen molar-refractivity contribution in [3.63, 3.8) is 0 Å². The molecule has 1 atom stereocenters. The number of ether oxygens (including phenoxy) is 2. The number of amides is 2. The Hall–Kier alpha value is -3.35. The molecule has 0 aliphatic carbocycles. The minimum Gasteiger partial charge on any atom is -0.494 e. The number of carbonyl (C=O) groups excluding carboxylic acids is 3. The van der Waals surface area contributed by atoms with E-state index >= 15 is 0 Å². The molecule has 0 saturated carbocycles. The SMILES string of the molecule is CCOc1ccc(C(=O)NCC(=O)O[C@H](C)C(=O)NCc2ccc(C)cc2)cc1. The number of aryl methyl sites for hydroxylation is 1. The summed E-state index contributed by atoms with van der Waals surface area (Å²) in [5, 5.41) is 5.19. The highest BCUT2D eigenvalue weighted by atomic mass is 16.5. The van der Waals surface area contributed by atoms with Crippen LogP contribution in [0.3, 0.4) is 0 Å². The number of esters is 1. The zero-order chi connectivity index (χ0) is 21.2. The van der Waals surface area contributed by atoms with Crippen LogP contribution < -0.4 is 15.4 Å². The summed E-state index contributed by atoms with van der Waals surface area (Å²) in [6, 6.07) is 14.3. The maximum absolute atomic E-state index is 12.1. The first kappa shape index (κ1) is 21.9. The van der Waals surface area contributed by atoms with Gasteiger partial charge >= 0.3 is 5.97 Å². The molecule has 0 radical (unpaired) electrons. The zero-order valence-corrected chi connectivity index (χ0v) is 16.9. The fourth-order valence-corrected chi connectivity index (χ4v) is 2.45. The lowest BCUT2D eigenvalue weighted by Crippen LogP contribution is -2.38. The van der Waals surface area contributed by atoms with Crippen molar-refractivity contribution >= 4 is 17.8 Å². The highest BCUT2D eigenvalue weighted by Gasteiger charge is 2.18. The number of nitrogens with one attached hydrogen (secondary N) is 2. The molecule has 0 heterocycles. The van der Waals surface area contributed by atoms with Gasteiger partial charge in [-0.2, -0.15) is 0 Å². The van der Waals surface area contributed by atoms with Gasteiger partial charge in [0, 0.05) is 12.1 Å². The van der Waals surface area contributed by atoms with Crippen molar-refractivity contribution in [3.05, 3.63) is 65.2 Å². The van der Waals surface area contributed by atoms with E-state index in [9.17, 15) is 14.4 Å². The number of benzene rings is 2. The Morgan fingerprint density at radius 1 is 0.966 bits per heavy atom. The summed E-state index contributed by atoms with van der Waals surface area (Å²) in [6.45, 7) is 5.89. The molecule has 7 heteroatoms. The molecular weight excluding hydrogens is 372 g/mol. The number of hydrogen-bond donors (Lipinski definition) is 2. The lowest BCUT2D eigenvalue weighted by atomic mass is 10.1. The van der Waals surface area contributed by atoms with Crippen LogP contribution in [0.15, 0.2) is 48.5 Å². The smallest absolute Gasteiger partial charge is 0.326 e. The van der Waals surface area contributed by atoms with Gasteiger partial charge in [0.1, 0.15) is 12.3 Å². The van der Waals surface area contributed by atoms with Crippen LogP contribution in [-0.2, 0) is 20.9 Å². The fraction of sp³-hybridized carbons (Fsp3) is 0.318. The maximum atomic E-state index is 12.1. The first-order valence-corrected chi connectivity index (χ1v) is 9.43. The third kappa shape index (κ3) is 7.29. The van der Waals surface area contributed by atoms with Crippen molar-refractivity contribution in [2.45, 2.75) is 33.4 Å². The fourth-order valence-electron chi connectivity index (χ4n) is 2.45. The van der Waals surface area contributed by atoms with Crippen LogP contribution in [0.4, 0.5) is 0 Å². The first-order valence-electron chi connectivity index (χ1n) is 9.43. The minimum absolute atomic E-state index is 0.332. The Morgan fingerprint density at radius 2 is 1.62 bits per heavy atom. The highest BCUT2D eigenvalue weighted by molar-refractivity contribution is 5.96. The van der Waals surface area contributed by atoms with Gasteiger partial charge in [-0.05, 0) is 50.6 Å². The molecule has 0 aromatic heterocycles. The molecule has 2 aromatic carbocycles. The summed E-state index contributed by atoms with van der Waals surface area (Å²) >= 11 is 0. The normalized spacial score (nSPS) is 11.3. The van der Waals surface area contributed by atoms with E-state index in [1.54, 1.807) is 24.3 Å². The average Bonchev–Trinajstić information content (AvgIpc) is 2.72. The molecule has 7 nitrogen and oxygen atoms in total. The quantitative estimate of drug-likeness (QED) is 0.633. The van der Waals surface area contributed by atoms with E-state index in [0.29, 0.717) is 24.5 Å². The summed E-state index contributed by atoms with van der Waals surface area (Å²) in [6.07, 6.45) is -0.963. The van der Waals surface area contributed by atoms with Gasteiger partial charge in [-0.15, -0.1) is 0 Å². The van der Waals surface area contributed by atoms with E-state index < -0.39 is 23.9 Å². The average molecular weight is 398 g/mol. The molecule has 2 amide bonds. The van der Waals surface area contributed by atoms with Crippen LogP contribution >= 0.6 is 0 Å². The Morgan fingerprint density at radius 3 is 2.24 bits per heavy atom. The van der Waals surface area contributed by atoms with Gasteiger partial charge in [-0.1, -0.05) is 29.8 Å². The van der Waals surface area contributed by atoms with Crippen LogP contribution in [-0.4, -0.2) is 37.0 Å². The van der Waals surface area contributed by atoms with E-state index in [1.807, 2.05) is 38.1 Å². The van der Waals surface area contributed by atoms with Crippen molar-refractivity contribution in [2.75, 3.05) is 13.2 Å². The van der Waals surface area contributed by atoms with Crippen LogP contribution in [0.5, 0.6) is 5.75 Å². The predicted octanol–water partition coefficient (Wildman–Crippen LogP) is 2.37. The summed E-state index contributed by atoms with van der Waals surface area (Å²) in [5.74, 6) is -0.852. The molecule has 2 N–H and O–H groups in total. The van der Waals surface area contributed by atoms with E-state index in [4.69, 9.17) is 9.47 Å². The molecule has 0 aliphatic rings. The maximum Gasteiger partial charge on any atom is 0.326 e. The van der Waals surface area contributed by atoms with Gasteiger partial charge < -0.3 is 20.1 Å². The molecule has 2 aromatic rings. The van der Waals surface area contributed by atoms with E-state index in [-0.39, 0.29) is 6.54 Å². The van der Waals surface area contributed by atoms with Crippen molar-refractivity contribution in [3.8, 4) is 5.75 Å². The van der Waals surface area contributed by atoms with Gasteiger partial charge in [-0.3, -0.25) is 14.4 Å². The molecule has 0 unspecified atom stereocenters. The third-order valence-corrected chi connectivity index (χ3v) is 4.09. The second-order valence-corrected chi connectivity index (χ2v) is 6.48. The second kappa shape index (κ2) is 10.8. The minimum atomic E-state index is -0.963. The lowest BCUT2D eigenvalue weighted by Gasteiger charge is -2.14. The molecule has 0 saturated heterocycles. The number of carbonyl (C=O) groups is 3. The van der Waals surface area contributed by atoms with Gasteiger partial charge in [0.15, 0.2) is 6.10 Å². The van der Waals surface area contributed by atoms with Crippen LogP contribution in [0, 0.1) is 6.92 Å². The molecule has 154 valence electrons. The molecule has 0 spiro atoms. The first-order chi connectivity index (χ1) is 13.9. The van der Waals surface area contributed by atoms with E-state index in [0.717, 1.165) is 11.1 Å². The van der Waals surface area contributed by atoms with Crippen molar-refractivity contribution in [1.29, 1.82) is 0 Å². The van der Waals surface area contributed by atoms with Crippen molar-refractivity contribution in [2.24, 2.45) is 0 Å². The Bertz CT molecular complexity index is 831. The van der Waals surface area contributed by atoms with Crippen molar-refractivity contribution < 1.29 is 23.9 Å². The predicted molar refractivity (Wildman–Crippen MR) is 109 cm³/mol. The number of hydrogen-bond acceptors (Lipinski definition) is 5. The van der Waals surface area contributed by atoms with Gasteiger partial charge in [0.25, 0.3) is 11.8 Å². The summed E-state index contributed by atoms with van der Waals surface area (Å²) in [4.78, 5) is 36.1. The topological polar surface area (TPSA) is 93.7 Å². The Labute approximate surface area is 170 Å². The molecule has 0 fully saturated rings. The highest BCUT2D eigenvalue weighted by Crippen LogP contribution is 2.11. The monoisotopic (exact) mass is 398 g/mol. The van der Waals surface area contributed by atoms with E-state index in [1.165, 1.54) is 6.92 Å². The number of rotatable bonds is 9. The molecule has 0 aliphatic heterocycles. The standard InChI is InChI=1S/C22H26N2O5/c1-4-28-19-11-9-18(10-12-19)22(27)24-14-20(25)29-16(3)21(26)23-13-17-7-5-15(2)6-8-17/h5-12,16H,4,13-14H2,1-3H3,(H,23,26)(H,24,27)/t16-/m1/s1. The summed E-state index contributed by atoms with van der Waals surface area (Å²) in [5.41, 5.74) is 2.48. The lowest BCUT2D eigenvalue weighted by molar-refractivity contribution is -0.153. The van der Waals surface area contributed by atoms with Crippen LogP contribution in [0.2, 0.25) is 0 Å². The van der Waals surface area contributed by atoms with E-state index in [2.05, 4.69) is 10.6 Å². The summed E-state index contributed by atoms with van der Waals surface area (Å²) in [7, 11) is 0. The van der Waals surface area contributed by atoms with Gasteiger partial charge in [0.2, 0.25) is 0 Å². The van der Waals surface area contributed by atoms with Gasteiger partial charge in [0.05, 0.1) is 6.61 Å². The molecular formula is C22H26N2O5. The third-order valence-electron chi connectivity index (χ3n) is 4.09. The Kier molecular flexibility index (Phi) is 8.21.